The zero-order valence-electron chi connectivity index (χ0n) is 18.5. The van der Waals surface area contributed by atoms with Crippen LogP contribution >= 0.6 is 12.6 Å². The topological polar surface area (TPSA) is 116 Å². The first-order valence-electron chi connectivity index (χ1n) is 10.3. The summed E-state index contributed by atoms with van der Waals surface area (Å²) in [6.07, 6.45) is -1.37. The monoisotopic (exact) mass is 472 g/mol. The van der Waals surface area contributed by atoms with E-state index in [9.17, 15) is 10.2 Å². The summed E-state index contributed by atoms with van der Waals surface area (Å²) in [6, 6.07) is 10.5. The van der Waals surface area contributed by atoms with Crippen molar-refractivity contribution in [2.45, 2.75) is 35.4 Å². The van der Waals surface area contributed by atoms with E-state index in [0.717, 1.165) is 0 Å². The Morgan fingerprint density at radius 1 is 1.00 bits per heavy atom. The van der Waals surface area contributed by atoms with Crippen molar-refractivity contribution >= 4 is 12.6 Å². The predicted octanol–water partition coefficient (Wildman–Crippen LogP) is 2.65. The van der Waals surface area contributed by atoms with Crippen LogP contribution in [0.2, 0.25) is 0 Å². The maximum atomic E-state index is 12.4. The molecule has 2 aromatic carbocycles. The Bertz CT molecular complexity index is 1200. The summed E-state index contributed by atoms with van der Waals surface area (Å²) in [5.74, 6) is 0.729. The van der Waals surface area contributed by atoms with Gasteiger partial charge in [-0.2, -0.15) is 0 Å². The van der Waals surface area contributed by atoms with E-state index in [1.54, 1.807) is 31.4 Å². The maximum Gasteiger partial charge on any atom is 0.273 e. The highest BCUT2D eigenvalue weighted by Crippen LogP contribution is 2.69. The number of ether oxygens (including phenoxy) is 4. The molecule has 0 amide bonds. The largest absolute Gasteiger partial charge is 0.497 e. The molecule has 1 saturated carbocycles. The first-order valence-corrected chi connectivity index (χ1v) is 10.8. The van der Waals surface area contributed by atoms with Gasteiger partial charge in [0.15, 0.2) is 11.2 Å². The number of thiol groups is 1. The first-order chi connectivity index (χ1) is 15.8. The molecule has 1 aliphatic heterocycles. The van der Waals surface area contributed by atoms with E-state index < -0.39 is 29.1 Å². The van der Waals surface area contributed by atoms with Gasteiger partial charge >= 0.3 is 0 Å². The SMILES string of the molecule is COc1ccc([C@@]23Oc4cc(OC)cc(OC)c4[C@]2(O)[C@H](O)[C@H](c2nnc(S)o2)[C@H]3C)cc1. The molecule has 0 saturated heterocycles. The highest BCUT2D eigenvalue weighted by molar-refractivity contribution is 7.80. The minimum atomic E-state index is -1.91. The summed E-state index contributed by atoms with van der Waals surface area (Å²) in [6.45, 7) is 1.87. The number of nitrogens with zero attached hydrogens (tertiary/aromatic N) is 2. The standard InChI is InChI=1S/C23H24N2O7S/c1-11-17(20-24-25-21(33)31-20)19(26)22(27)18-15(30-4)9-14(29-3)10-16(18)32-23(11,22)12-5-7-13(28-2)8-6-12/h5-11,17,19,26-27H,1-4H3,(H,25,33)/t11-,17-,19-,22+,23-/m1/s1. The number of aromatic nitrogens is 2. The van der Waals surface area contributed by atoms with Gasteiger partial charge in [-0.1, -0.05) is 31.7 Å². The molecule has 2 heterocycles. The van der Waals surface area contributed by atoms with Crippen LogP contribution in [0.25, 0.3) is 0 Å². The third-order valence-electron chi connectivity index (χ3n) is 6.90. The minimum absolute atomic E-state index is 0.0654. The number of aliphatic hydroxyl groups is 2. The lowest BCUT2D eigenvalue weighted by molar-refractivity contribution is -0.155. The number of methoxy groups -OCH3 is 3. The van der Waals surface area contributed by atoms with E-state index in [-0.39, 0.29) is 11.1 Å². The van der Waals surface area contributed by atoms with Gasteiger partial charge in [0.25, 0.3) is 5.22 Å². The van der Waals surface area contributed by atoms with Crippen LogP contribution < -0.4 is 18.9 Å². The summed E-state index contributed by atoms with van der Waals surface area (Å²) >= 11 is 4.11. The van der Waals surface area contributed by atoms with Gasteiger partial charge in [0.1, 0.15) is 29.1 Å². The molecule has 10 heteroatoms. The van der Waals surface area contributed by atoms with Crippen LogP contribution in [0.5, 0.6) is 23.0 Å². The van der Waals surface area contributed by atoms with E-state index >= 15 is 0 Å². The van der Waals surface area contributed by atoms with Gasteiger partial charge < -0.3 is 33.6 Å². The molecule has 0 unspecified atom stereocenters. The lowest BCUT2D eigenvalue weighted by Crippen LogP contribution is -2.52. The Morgan fingerprint density at radius 3 is 2.27 bits per heavy atom. The van der Waals surface area contributed by atoms with Crippen LogP contribution in [-0.4, -0.2) is 47.8 Å². The van der Waals surface area contributed by atoms with Crippen LogP contribution in [0.4, 0.5) is 0 Å². The molecule has 1 aromatic heterocycles. The molecule has 0 radical (unpaired) electrons. The Labute approximate surface area is 195 Å². The van der Waals surface area contributed by atoms with Crippen LogP contribution in [0.15, 0.2) is 46.0 Å². The first kappa shape index (κ1) is 21.9. The van der Waals surface area contributed by atoms with Gasteiger partial charge in [0, 0.05) is 18.1 Å². The van der Waals surface area contributed by atoms with E-state index in [1.165, 1.54) is 14.2 Å². The van der Waals surface area contributed by atoms with Gasteiger partial charge in [-0.3, -0.25) is 0 Å². The van der Waals surface area contributed by atoms with Gasteiger partial charge in [0.05, 0.1) is 32.8 Å². The minimum Gasteiger partial charge on any atom is -0.497 e. The molecular weight excluding hydrogens is 448 g/mol. The molecular formula is C23H24N2O7S. The third-order valence-corrected chi connectivity index (χ3v) is 7.08. The molecule has 0 bridgehead atoms. The fourth-order valence-electron chi connectivity index (χ4n) is 5.42. The molecule has 5 rings (SSSR count). The zero-order valence-corrected chi connectivity index (χ0v) is 19.4. The van der Waals surface area contributed by atoms with E-state index in [1.807, 2.05) is 19.1 Å². The van der Waals surface area contributed by atoms with Gasteiger partial charge in [-0.05, 0) is 17.7 Å². The summed E-state index contributed by atoms with van der Waals surface area (Å²) in [5, 5.41) is 32.0. The second-order valence-electron chi connectivity index (χ2n) is 8.22. The highest BCUT2D eigenvalue weighted by atomic mass is 32.1. The number of rotatable bonds is 5. The van der Waals surface area contributed by atoms with Gasteiger partial charge in [-0.25, -0.2) is 0 Å². The van der Waals surface area contributed by atoms with Gasteiger partial charge in [0.2, 0.25) is 5.89 Å². The maximum absolute atomic E-state index is 12.4. The molecule has 2 aliphatic rings. The smallest absolute Gasteiger partial charge is 0.273 e. The quantitative estimate of drug-likeness (QED) is 0.482. The molecule has 9 nitrogen and oxygen atoms in total. The number of benzene rings is 2. The van der Waals surface area contributed by atoms with Crippen molar-refractivity contribution in [1.29, 1.82) is 0 Å². The normalized spacial score (nSPS) is 29.8. The van der Waals surface area contributed by atoms with Crippen molar-refractivity contribution in [1.82, 2.24) is 10.2 Å². The molecule has 5 atom stereocenters. The Morgan fingerprint density at radius 2 is 1.70 bits per heavy atom. The lowest BCUT2D eigenvalue weighted by Gasteiger charge is -2.39. The molecule has 174 valence electrons. The lowest BCUT2D eigenvalue weighted by atomic mass is 9.73. The summed E-state index contributed by atoms with van der Waals surface area (Å²) in [7, 11) is 4.59. The second kappa shape index (κ2) is 7.54. The van der Waals surface area contributed by atoms with Crippen molar-refractivity contribution in [3.05, 3.63) is 53.4 Å². The van der Waals surface area contributed by atoms with Crippen molar-refractivity contribution in [3.63, 3.8) is 0 Å². The molecule has 33 heavy (non-hydrogen) atoms. The van der Waals surface area contributed by atoms with E-state index in [4.69, 9.17) is 23.4 Å². The van der Waals surface area contributed by atoms with Crippen LogP contribution in [0.3, 0.4) is 0 Å². The second-order valence-corrected chi connectivity index (χ2v) is 8.60. The molecule has 1 aliphatic carbocycles. The predicted molar refractivity (Wildman–Crippen MR) is 118 cm³/mol. The Hall–Kier alpha value is -2.95. The van der Waals surface area contributed by atoms with Crippen molar-refractivity contribution in [2.24, 2.45) is 5.92 Å². The highest BCUT2D eigenvalue weighted by Gasteiger charge is 2.76. The van der Waals surface area contributed by atoms with Crippen LogP contribution in [0.1, 0.15) is 29.9 Å². The van der Waals surface area contributed by atoms with E-state index in [2.05, 4.69) is 22.8 Å². The summed E-state index contributed by atoms with van der Waals surface area (Å²) in [5.41, 5.74) is -2.35. The molecule has 1 fully saturated rings. The zero-order chi connectivity index (χ0) is 23.5. The third kappa shape index (κ3) is 2.74. The van der Waals surface area contributed by atoms with Crippen LogP contribution in [-0.2, 0) is 11.2 Å². The fourth-order valence-corrected chi connectivity index (χ4v) is 5.56. The Balaban J connectivity index is 1.79. The van der Waals surface area contributed by atoms with Crippen molar-refractivity contribution in [3.8, 4) is 23.0 Å². The average molecular weight is 473 g/mol. The van der Waals surface area contributed by atoms with Crippen molar-refractivity contribution < 1.29 is 33.6 Å². The molecule has 3 aromatic rings. The summed E-state index contributed by atoms with van der Waals surface area (Å²) < 4.78 is 28.4. The number of hydrogen-bond donors (Lipinski definition) is 3. The molecule has 0 spiro atoms. The van der Waals surface area contributed by atoms with Crippen LogP contribution in [0, 0.1) is 5.92 Å². The fraction of sp³-hybridized carbons (Fsp3) is 0.391. The average Bonchev–Trinajstić information content (AvgIpc) is 3.42. The number of aliphatic hydroxyl groups excluding tert-OH is 1. The van der Waals surface area contributed by atoms with Crippen molar-refractivity contribution in [2.75, 3.05) is 21.3 Å². The van der Waals surface area contributed by atoms with Gasteiger partial charge in [-0.15, -0.1) is 10.2 Å². The Kier molecular flexibility index (Phi) is 5.00. The number of fused-ring (bicyclic) bond motifs is 3. The molecule has 2 N–H and O–H groups in total. The summed E-state index contributed by atoms with van der Waals surface area (Å²) in [4.78, 5) is 0. The number of hydrogen-bond acceptors (Lipinski definition) is 10. The van der Waals surface area contributed by atoms with E-state index in [0.29, 0.717) is 34.1 Å².